The first-order chi connectivity index (χ1) is 10.3. The summed E-state index contributed by atoms with van der Waals surface area (Å²) in [4.78, 5) is 7.58. The molecule has 3 aromatic rings. The number of halogens is 1. The van der Waals surface area contributed by atoms with Crippen molar-refractivity contribution in [2.45, 2.75) is 37.5 Å². The Hall–Kier alpha value is -0.900. The van der Waals surface area contributed by atoms with Crippen LogP contribution in [0, 0.1) is 0 Å². The predicted molar refractivity (Wildman–Crippen MR) is 92.9 cm³/mol. The summed E-state index contributed by atoms with van der Waals surface area (Å²) in [6.07, 6.45) is 5.97. The van der Waals surface area contributed by atoms with Gasteiger partial charge in [-0.25, -0.2) is 4.98 Å². The van der Waals surface area contributed by atoms with E-state index in [1.807, 2.05) is 17.4 Å². The van der Waals surface area contributed by atoms with E-state index in [1.54, 1.807) is 16.2 Å². The first-order valence-electron chi connectivity index (χ1n) is 7.39. The molecule has 0 spiro atoms. The number of aryl methyl sites for hydroxylation is 2. The van der Waals surface area contributed by atoms with E-state index < -0.39 is 0 Å². The molecule has 1 aliphatic rings. The molecule has 1 unspecified atom stereocenters. The number of hydrogen-bond acceptors (Lipinski definition) is 3. The van der Waals surface area contributed by atoms with Crippen LogP contribution in [0.5, 0.6) is 0 Å². The van der Waals surface area contributed by atoms with Crippen LogP contribution in [0.15, 0.2) is 30.3 Å². The first-order valence-corrected chi connectivity index (χ1v) is 9.46. The van der Waals surface area contributed by atoms with E-state index in [1.165, 1.54) is 40.8 Å². The van der Waals surface area contributed by atoms with Gasteiger partial charge in [0.2, 0.25) is 0 Å². The van der Waals surface area contributed by atoms with E-state index >= 15 is 0 Å². The van der Waals surface area contributed by atoms with Crippen molar-refractivity contribution in [3.05, 3.63) is 50.7 Å². The van der Waals surface area contributed by atoms with Crippen molar-refractivity contribution in [3.63, 3.8) is 0 Å². The molecule has 4 heteroatoms. The van der Waals surface area contributed by atoms with Crippen molar-refractivity contribution in [3.8, 4) is 0 Å². The monoisotopic (exact) mass is 333 g/mol. The van der Waals surface area contributed by atoms with Gasteiger partial charge in [-0.1, -0.05) is 12.1 Å². The molecule has 0 saturated heterocycles. The van der Waals surface area contributed by atoms with Gasteiger partial charge in [0.1, 0.15) is 0 Å². The van der Waals surface area contributed by atoms with Crippen LogP contribution in [-0.2, 0) is 19.3 Å². The van der Waals surface area contributed by atoms with Crippen LogP contribution < -0.4 is 0 Å². The molecule has 4 rings (SSSR count). The molecule has 2 heterocycles. The SMILES string of the molecule is ClC(Cc1nc2ccccc2s1)c1cc2c(s1)CCCC2. The highest BCUT2D eigenvalue weighted by atomic mass is 35.5. The summed E-state index contributed by atoms with van der Waals surface area (Å²) in [7, 11) is 0. The molecular weight excluding hydrogens is 318 g/mol. The normalized spacial score (nSPS) is 16.0. The number of para-hydroxylation sites is 1. The van der Waals surface area contributed by atoms with Gasteiger partial charge in [0, 0.05) is 16.2 Å². The average Bonchev–Trinajstić information content (AvgIpc) is 3.10. The van der Waals surface area contributed by atoms with Crippen molar-refractivity contribution in [1.82, 2.24) is 4.98 Å². The van der Waals surface area contributed by atoms with Crippen molar-refractivity contribution in [2.24, 2.45) is 0 Å². The van der Waals surface area contributed by atoms with Gasteiger partial charge in [0.05, 0.1) is 20.6 Å². The molecule has 1 nitrogen and oxygen atoms in total. The first kappa shape index (κ1) is 13.7. The van der Waals surface area contributed by atoms with E-state index in [2.05, 4.69) is 24.3 Å². The second kappa shape index (κ2) is 5.71. The summed E-state index contributed by atoms with van der Waals surface area (Å²) >= 11 is 10.3. The lowest BCUT2D eigenvalue weighted by Crippen LogP contribution is -1.96. The topological polar surface area (TPSA) is 12.9 Å². The summed E-state index contributed by atoms with van der Waals surface area (Å²) < 4.78 is 1.25. The minimum absolute atomic E-state index is 0.0566. The van der Waals surface area contributed by atoms with E-state index in [4.69, 9.17) is 16.6 Å². The lowest BCUT2D eigenvalue weighted by molar-refractivity contribution is 0.697. The third-order valence-corrected chi connectivity index (χ3v) is 6.94. The van der Waals surface area contributed by atoms with Gasteiger partial charge in [-0.15, -0.1) is 34.3 Å². The maximum absolute atomic E-state index is 6.67. The predicted octanol–water partition coefficient (Wildman–Crippen LogP) is 5.76. The smallest absolute Gasteiger partial charge is 0.0957 e. The Morgan fingerprint density at radius 2 is 2.00 bits per heavy atom. The van der Waals surface area contributed by atoms with E-state index in [-0.39, 0.29) is 5.38 Å². The van der Waals surface area contributed by atoms with Crippen molar-refractivity contribution >= 4 is 44.5 Å². The van der Waals surface area contributed by atoms with Crippen LogP contribution in [0.4, 0.5) is 0 Å². The van der Waals surface area contributed by atoms with Gasteiger partial charge >= 0.3 is 0 Å². The molecule has 1 aliphatic carbocycles. The highest BCUT2D eigenvalue weighted by molar-refractivity contribution is 7.18. The van der Waals surface area contributed by atoms with Crippen molar-refractivity contribution in [2.75, 3.05) is 0 Å². The molecule has 108 valence electrons. The molecule has 1 aromatic carbocycles. The van der Waals surface area contributed by atoms with Gasteiger partial charge < -0.3 is 0 Å². The Balaban J connectivity index is 1.57. The standard InChI is InChI=1S/C17H16ClNS2/c18-12(16-9-11-5-1-3-7-14(11)20-16)10-17-19-13-6-2-4-8-15(13)21-17/h2,4,6,8-9,12H,1,3,5,7,10H2. The second-order valence-corrected chi connectivity index (χ2v) is 8.36. The van der Waals surface area contributed by atoms with Gasteiger partial charge in [-0.3, -0.25) is 0 Å². The third kappa shape index (κ3) is 2.75. The molecule has 0 radical (unpaired) electrons. The maximum Gasteiger partial charge on any atom is 0.0957 e. The van der Waals surface area contributed by atoms with E-state index in [9.17, 15) is 0 Å². The number of rotatable bonds is 3. The summed E-state index contributed by atoms with van der Waals surface area (Å²) in [5, 5.41) is 1.20. The number of fused-ring (bicyclic) bond motifs is 2. The van der Waals surface area contributed by atoms with Gasteiger partial charge in [-0.2, -0.15) is 0 Å². The fraction of sp³-hybridized carbons (Fsp3) is 0.353. The minimum Gasteiger partial charge on any atom is -0.241 e. The molecule has 0 aliphatic heterocycles. The summed E-state index contributed by atoms with van der Waals surface area (Å²) in [6, 6.07) is 10.6. The van der Waals surface area contributed by atoms with Gasteiger partial charge in [0.25, 0.3) is 0 Å². The van der Waals surface area contributed by atoms with Crippen LogP contribution >= 0.6 is 34.3 Å². The molecule has 0 fully saturated rings. The Labute approximate surface area is 137 Å². The average molecular weight is 334 g/mol. The number of nitrogens with zero attached hydrogens (tertiary/aromatic N) is 1. The molecule has 1 atom stereocenters. The minimum atomic E-state index is 0.0566. The largest absolute Gasteiger partial charge is 0.241 e. The van der Waals surface area contributed by atoms with E-state index in [0.29, 0.717) is 0 Å². The van der Waals surface area contributed by atoms with Crippen LogP contribution in [0.3, 0.4) is 0 Å². The third-order valence-electron chi connectivity index (χ3n) is 4.02. The fourth-order valence-electron chi connectivity index (χ4n) is 2.93. The fourth-order valence-corrected chi connectivity index (χ4v) is 5.61. The molecule has 21 heavy (non-hydrogen) atoms. The zero-order chi connectivity index (χ0) is 14.2. The quantitative estimate of drug-likeness (QED) is 0.555. The maximum atomic E-state index is 6.67. The lowest BCUT2D eigenvalue weighted by atomic mass is 9.99. The van der Waals surface area contributed by atoms with Crippen LogP contribution in [0.2, 0.25) is 0 Å². The number of thiazole rings is 1. The molecule has 0 saturated carbocycles. The molecular formula is C17H16ClNS2. The Kier molecular flexibility index (Phi) is 3.74. The van der Waals surface area contributed by atoms with Crippen LogP contribution in [0.1, 0.15) is 38.5 Å². The highest BCUT2D eigenvalue weighted by Crippen LogP contribution is 2.37. The Morgan fingerprint density at radius 3 is 2.86 bits per heavy atom. The molecule has 0 N–H and O–H groups in total. The van der Waals surface area contributed by atoms with E-state index in [0.717, 1.165) is 16.9 Å². The Bertz CT molecular complexity index is 718. The lowest BCUT2D eigenvalue weighted by Gasteiger charge is -2.08. The highest BCUT2D eigenvalue weighted by Gasteiger charge is 2.19. The van der Waals surface area contributed by atoms with Gasteiger partial charge in [-0.05, 0) is 49.4 Å². The molecule has 2 aromatic heterocycles. The Morgan fingerprint density at radius 1 is 1.14 bits per heavy atom. The number of alkyl halides is 1. The zero-order valence-electron chi connectivity index (χ0n) is 11.6. The number of benzene rings is 1. The van der Waals surface area contributed by atoms with Crippen LogP contribution in [0.25, 0.3) is 10.2 Å². The van der Waals surface area contributed by atoms with Crippen molar-refractivity contribution in [1.29, 1.82) is 0 Å². The molecule has 0 bridgehead atoms. The second-order valence-electron chi connectivity index (χ2n) is 5.55. The summed E-state index contributed by atoms with van der Waals surface area (Å²) in [5.41, 5.74) is 2.63. The number of hydrogen-bond donors (Lipinski definition) is 0. The van der Waals surface area contributed by atoms with Gasteiger partial charge in [0.15, 0.2) is 0 Å². The van der Waals surface area contributed by atoms with Crippen LogP contribution in [-0.4, -0.2) is 4.98 Å². The van der Waals surface area contributed by atoms with Crippen molar-refractivity contribution < 1.29 is 0 Å². The number of thiophene rings is 1. The zero-order valence-corrected chi connectivity index (χ0v) is 14.0. The summed E-state index contributed by atoms with van der Waals surface area (Å²) in [6.45, 7) is 0. The molecule has 0 amide bonds. The summed E-state index contributed by atoms with van der Waals surface area (Å²) in [5.74, 6) is 0. The number of aromatic nitrogens is 1.